The highest BCUT2D eigenvalue weighted by molar-refractivity contribution is 8.18. The van der Waals surface area contributed by atoms with Gasteiger partial charge in [-0.1, -0.05) is 6.07 Å². The molecule has 7 nitrogen and oxygen atoms in total. The van der Waals surface area contributed by atoms with Gasteiger partial charge in [0, 0.05) is 0 Å². The summed E-state index contributed by atoms with van der Waals surface area (Å²) >= 11 is 0.742. The first-order valence-corrected chi connectivity index (χ1v) is 8.26. The van der Waals surface area contributed by atoms with Gasteiger partial charge < -0.3 is 14.6 Å². The number of phenols is 1. The zero-order chi connectivity index (χ0) is 18.8. The van der Waals surface area contributed by atoms with E-state index in [1.165, 1.54) is 25.3 Å². The van der Waals surface area contributed by atoms with Crippen molar-refractivity contribution in [2.75, 3.05) is 13.7 Å². The molecule has 0 radical (unpaired) electrons. The second kappa shape index (κ2) is 7.18. The molecule has 1 aromatic carbocycles. The molecule has 1 fully saturated rings. The number of nitrogens with zero attached hydrogens (tertiary/aromatic N) is 1. The van der Waals surface area contributed by atoms with Crippen molar-refractivity contribution in [3.8, 4) is 11.5 Å². The molecule has 0 spiro atoms. The van der Waals surface area contributed by atoms with Crippen LogP contribution >= 0.6 is 11.8 Å². The number of esters is 1. The molecule has 1 N–H and O–H groups in total. The first-order valence-electron chi connectivity index (χ1n) is 7.45. The van der Waals surface area contributed by atoms with Gasteiger partial charge in [0.15, 0.2) is 11.5 Å². The number of hydrogen-bond acceptors (Lipinski definition) is 7. The number of ether oxygens (including phenoxy) is 2. The van der Waals surface area contributed by atoms with Gasteiger partial charge in [0.1, 0.15) is 12.1 Å². The molecule has 0 atom stereocenters. The molecule has 134 valence electrons. The van der Waals surface area contributed by atoms with Gasteiger partial charge in [-0.05, 0) is 56.3 Å². The second-order valence-corrected chi connectivity index (χ2v) is 7.28. The largest absolute Gasteiger partial charge is 0.504 e. The summed E-state index contributed by atoms with van der Waals surface area (Å²) in [7, 11) is 1.41. The van der Waals surface area contributed by atoms with Crippen LogP contribution in [0.5, 0.6) is 11.5 Å². The summed E-state index contributed by atoms with van der Waals surface area (Å²) < 4.78 is 10.1. The Bertz CT molecular complexity index is 750. The summed E-state index contributed by atoms with van der Waals surface area (Å²) in [4.78, 5) is 37.3. The molecular formula is C17H19NO6S. The summed E-state index contributed by atoms with van der Waals surface area (Å²) in [5.74, 6) is -0.991. The van der Waals surface area contributed by atoms with E-state index in [9.17, 15) is 19.5 Å². The van der Waals surface area contributed by atoms with Crippen molar-refractivity contribution in [2.45, 2.75) is 26.4 Å². The number of phenolic OH excluding ortho intramolecular Hbond substituents is 1. The number of aromatic hydroxyl groups is 1. The van der Waals surface area contributed by atoms with Crippen LogP contribution in [0.15, 0.2) is 23.1 Å². The Morgan fingerprint density at radius 2 is 2.00 bits per heavy atom. The lowest BCUT2D eigenvalue weighted by Gasteiger charge is -2.21. The van der Waals surface area contributed by atoms with Crippen molar-refractivity contribution in [3.05, 3.63) is 28.7 Å². The van der Waals surface area contributed by atoms with Crippen LogP contribution in [0.4, 0.5) is 4.79 Å². The van der Waals surface area contributed by atoms with Crippen LogP contribution < -0.4 is 4.74 Å². The molecule has 8 heteroatoms. The highest BCUT2D eigenvalue weighted by Crippen LogP contribution is 2.34. The smallest absolute Gasteiger partial charge is 0.326 e. The Balaban J connectivity index is 2.16. The molecule has 1 aliphatic rings. The van der Waals surface area contributed by atoms with Crippen LogP contribution in [0.2, 0.25) is 0 Å². The number of rotatable bonds is 4. The van der Waals surface area contributed by atoms with E-state index >= 15 is 0 Å². The summed E-state index contributed by atoms with van der Waals surface area (Å²) in [6.45, 7) is 4.68. The lowest BCUT2D eigenvalue weighted by molar-refractivity contribution is -0.156. The average molecular weight is 365 g/mol. The van der Waals surface area contributed by atoms with E-state index in [0.717, 1.165) is 16.7 Å². The van der Waals surface area contributed by atoms with Gasteiger partial charge in [0.25, 0.3) is 11.1 Å². The fourth-order valence-corrected chi connectivity index (χ4v) is 2.91. The van der Waals surface area contributed by atoms with Crippen molar-refractivity contribution >= 4 is 35.0 Å². The minimum Gasteiger partial charge on any atom is -0.504 e. The zero-order valence-corrected chi connectivity index (χ0v) is 15.2. The fraction of sp³-hybridized carbons (Fsp3) is 0.353. The van der Waals surface area contributed by atoms with Gasteiger partial charge in [-0.15, -0.1) is 0 Å². The Morgan fingerprint density at radius 3 is 2.60 bits per heavy atom. The van der Waals surface area contributed by atoms with E-state index in [0.29, 0.717) is 5.56 Å². The third kappa shape index (κ3) is 4.76. The Kier molecular flexibility index (Phi) is 5.42. The van der Waals surface area contributed by atoms with E-state index in [1.54, 1.807) is 26.8 Å². The van der Waals surface area contributed by atoms with Crippen molar-refractivity contribution in [3.63, 3.8) is 0 Å². The maximum atomic E-state index is 12.4. The Labute approximate surface area is 149 Å². The third-order valence-corrected chi connectivity index (χ3v) is 3.99. The van der Waals surface area contributed by atoms with Crippen molar-refractivity contribution in [2.24, 2.45) is 0 Å². The van der Waals surface area contributed by atoms with Crippen LogP contribution in [0.1, 0.15) is 26.3 Å². The SMILES string of the molecule is COc1cc(C=C2SC(=O)N(CC(=O)OC(C)(C)C)C2=O)ccc1O. The molecule has 0 bridgehead atoms. The lowest BCUT2D eigenvalue weighted by Crippen LogP contribution is -2.37. The molecule has 2 amide bonds. The first-order chi connectivity index (χ1) is 11.6. The van der Waals surface area contributed by atoms with E-state index in [-0.39, 0.29) is 16.4 Å². The predicted molar refractivity (Wildman–Crippen MR) is 93.2 cm³/mol. The standard InChI is InChI=1S/C17H19NO6S/c1-17(2,3)24-14(20)9-18-15(21)13(25-16(18)22)8-10-5-6-11(19)12(7-10)23-4/h5-8,19H,9H2,1-4H3. The summed E-state index contributed by atoms with van der Waals surface area (Å²) in [6, 6.07) is 4.55. The van der Waals surface area contributed by atoms with E-state index in [1.807, 2.05) is 0 Å². The monoisotopic (exact) mass is 365 g/mol. The third-order valence-electron chi connectivity index (χ3n) is 3.08. The highest BCUT2D eigenvalue weighted by Gasteiger charge is 2.37. The predicted octanol–water partition coefficient (Wildman–Crippen LogP) is 2.78. The van der Waals surface area contributed by atoms with Crippen LogP contribution in [-0.2, 0) is 14.3 Å². The van der Waals surface area contributed by atoms with Gasteiger partial charge >= 0.3 is 5.97 Å². The second-order valence-electron chi connectivity index (χ2n) is 6.29. The molecule has 0 aromatic heterocycles. The van der Waals surface area contributed by atoms with Crippen LogP contribution in [-0.4, -0.2) is 46.4 Å². The van der Waals surface area contributed by atoms with Gasteiger partial charge in [-0.3, -0.25) is 19.3 Å². The highest BCUT2D eigenvalue weighted by atomic mass is 32.2. The van der Waals surface area contributed by atoms with Crippen molar-refractivity contribution in [1.29, 1.82) is 0 Å². The van der Waals surface area contributed by atoms with E-state index in [4.69, 9.17) is 9.47 Å². The quantitative estimate of drug-likeness (QED) is 0.648. The van der Waals surface area contributed by atoms with Gasteiger partial charge in [0.05, 0.1) is 12.0 Å². The minimum atomic E-state index is -0.697. The number of carbonyl (C=O) groups excluding carboxylic acids is 3. The molecule has 0 unspecified atom stereocenters. The summed E-state index contributed by atoms with van der Waals surface area (Å²) in [5, 5.41) is 9.06. The van der Waals surface area contributed by atoms with Crippen molar-refractivity contribution in [1.82, 2.24) is 4.90 Å². The number of imide groups is 1. The number of amides is 2. The topological polar surface area (TPSA) is 93.1 Å². The molecule has 1 aliphatic heterocycles. The van der Waals surface area contributed by atoms with Crippen molar-refractivity contribution < 1.29 is 29.0 Å². The first kappa shape index (κ1) is 18.9. The fourth-order valence-electron chi connectivity index (χ4n) is 2.07. The number of methoxy groups -OCH3 is 1. The molecule has 1 saturated heterocycles. The van der Waals surface area contributed by atoms with Gasteiger partial charge in [-0.25, -0.2) is 0 Å². The summed E-state index contributed by atoms with van der Waals surface area (Å²) in [6.07, 6.45) is 1.50. The van der Waals surface area contributed by atoms with E-state index in [2.05, 4.69) is 0 Å². The van der Waals surface area contributed by atoms with E-state index < -0.39 is 29.3 Å². The Morgan fingerprint density at radius 1 is 1.32 bits per heavy atom. The number of thioether (sulfide) groups is 1. The Hall–Kier alpha value is -2.48. The zero-order valence-electron chi connectivity index (χ0n) is 14.4. The number of carbonyl (C=O) groups is 3. The summed E-state index contributed by atoms with van der Waals surface area (Å²) in [5.41, 5.74) is -0.116. The maximum absolute atomic E-state index is 12.4. The molecular weight excluding hydrogens is 346 g/mol. The normalized spacial score (nSPS) is 16.5. The lowest BCUT2D eigenvalue weighted by atomic mass is 10.2. The van der Waals surface area contributed by atoms with Crippen LogP contribution in [0, 0.1) is 0 Å². The maximum Gasteiger partial charge on any atom is 0.326 e. The van der Waals surface area contributed by atoms with Crippen LogP contribution in [0.25, 0.3) is 6.08 Å². The minimum absolute atomic E-state index is 0.0299. The molecule has 0 aliphatic carbocycles. The molecule has 1 aromatic rings. The average Bonchev–Trinajstić information content (AvgIpc) is 2.75. The molecule has 1 heterocycles. The number of hydrogen-bond donors (Lipinski definition) is 1. The van der Waals surface area contributed by atoms with Gasteiger partial charge in [-0.2, -0.15) is 0 Å². The number of benzene rings is 1. The van der Waals surface area contributed by atoms with Crippen LogP contribution in [0.3, 0.4) is 0 Å². The molecule has 0 saturated carbocycles. The molecule has 2 rings (SSSR count). The van der Waals surface area contributed by atoms with Gasteiger partial charge in [0.2, 0.25) is 0 Å². The molecule has 25 heavy (non-hydrogen) atoms.